The summed E-state index contributed by atoms with van der Waals surface area (Å²) in [4.78, 5) is 33.4. The van der Waals surface area contributed by atoms with Crippen LogP contribution in [-0.4, -0.2) is 35.0 Å². The van der Waals surface area contributed by atoms with Crippen LogP contribution in [0.3, 0.4) is 0 Å². The number of thiazole rings is 1. The molecule has 3 heterocycles. The fourth-order valence-corrected chi connectivity index (χ4v) is 6.46. The molecule has 43 heavy (non-hydrogen) atoms. The van der Waals surface area contributed by atoms with E-state index in [4.69, 9.17) is 25.8 Å². The van der Waals surface area contributed by atoms with Crippen LogP contribution >= 0.6 is 22.9 Å². The summed E-state index contributed by atoms with van der Waals surface area (Å²) in [5.74, 6) is -0.434. The van der Waals surface area contributed by atoms with E-state index >= 15 is 0 Å². The van der Waals surface area contributed by atoms with Gasteiger partial charge in [0.25, 0.3) is 5.78 Å². The molecule has 2 aliphatic rings. The summed E-state index contributed by atoms with van der Waals surface area (Å²) in [6, 6.07) is 26.1. The molecule has 10 heteroatoms. The molecule has 0 bridgehead atoms. The lowest BCUT2D eigenvalue weighted by Crippen LogP contribution is -2.29. The highest BCUT2D eigenvalue weighted by Gasteiger charge is 2.48. The van der Waals surface area contributed by atoms with Gasteiger partial charge in [-0.15, -0.1) is 0 Å². The molecule has 2 aliphatic heterocycles. The van der Waals surface area contributed by atoms with Gasteiger partial charge < -0.3 is 19.3 Å². The third-order valence-electron chi connectivity index (χ3n) is 7.23. The standard InChI is InChI=1S/C33H23ClN2O6S/c34-22-10-11-24-27(17-22)43-33(35-24)36-29(20-7-4-8-23(15-20)42-18-19-5-2-1-3-6-19)28(31(38)32(36)39)30(37)21-9-12-25-26(16-21)41-14-13-40-25/h1-12,15-17,29,37H,13-14,18H2/b30-28+. The molecule has 0 saturated carbocycles. The number of nitrogens with zero attached hydrogens (tertiary/aromatic N) is 2. The number of aliphatic hydroxyl groups is 1. The Kier molecular flexibility index (Phi) is 6.96. The zero-order valence-electron chi connectivity index (χ0n) is 22.5. The van der Waals surface area contributed by atoms with Gasteiger partial charge >= 0.3 is 5.91 Å². The first-order valence-corrected chi connectivity index (χ1v) is 14.7. The molecule has 1 atom stereocenters. The van der Waals surface area contributed by atoms with Gasteiger partial charge in [0, 0.05) is 10.6 Å². The summed E-state index contributed by atoms with van der Waals surface area (Å²) in [5, 5.41) is 12.5. The Hall–Kier alpha value is -4.86. The molecule has 1 unspecified atom stereocenters. The van der Waals surface area contributed by atoms with Gasteiger partial charge in [-0.3, -0.25) is 14.5 Å². The number of hydrogen-bond acceptors (Lipinski definition) is 8. The maximum Gasteiger partial charge on any atom is 0.301 e. The van der Waals surface area contributed by atoms with E-state index in [0.717, 1.165) is 10.3 Å². The number of benzene rings is 4. The largest absolute Gasteiger partial charge is 0.507 e. The second-order valence-corrected chi connectivity index (χ2v) is 11.4. The van der Waals surface area contributed by atoms with Crippen LogP contribution in [0.15, 0.2) is 96.6 Å². The molecule has 5 aromatic rings. The van der Waals surface area contributed by atoms with E-state index in [2.05, 4.69) is 4.98 Å². The number of aromatic nitrogens is 1. The lowest BCUT2D eigenvalue weighted by molar-refractivity contribution is -0.132. The number of Topliss-reactive ketones (excluding diaryl/α,β-unsaturated/α-hetero) is 1. The topological polar surface area (TPSA) is 98.2 Å². The van der Waals surface area contributed by atoms with Crippen molar-refractivity contribution >= 4 is 55.7 Å². The van der Waals surface area contributed by atoms with Gasteiger partial charge in [-0.1, -0.05) is 65.4 Å². The summed E-state index contributed by atoms with van der Waals surface area (Å²) in [5.41, 5.74) is 2.45. The third kappa shape index (κ3) is 5.07. The van der Waals surface area contributed by atoms with E-state index in [0.29, 0.717) is 63.9 Å². The normalized spacial score (nSPS) is 17.4. The van der Waals surface area contributed by atoms with Gasteiger partial charge in [0.15, 0.2) is 16.6 Å². The van der Waals surface area contributed by atoms with Crippen LogP contribution in [0.1, 0.15) is 22.7 Å². The lowest BCUT2D eigenvalue weighted by atomic mass is 9.95. The first kappa shape index (κ1) is 27.0. The average molecular weight is 611 g/mol. The maximum absolute atomic E-state index is 13.7. The molecule has 7 rings (SSSR count). The molecule has 1 aromatic heterocycles. The second kappa shape index (κ2) is 11.1. The van der Waals surface area contributed by atoms with E-state index in [-0.39, 0.29) is 11.3 Å². The quantitative estimate of drug-likeness (QED) is 0.126. The smallest absolute Gasteiger partial charge is 0.301 e. The third-order valence-corrected chi connectivity index (χ3v) is 8.48. The number of ketones is 1. The lowest BCUT2D eigenvalue weighted by Gasteiger charge is -2.24. The molecular weight excluding hydrogens is 588 g/mol. The maximum atomic E-state index is 13.7. The summed E-state index contributed by atoms with van der Waals surface area (Å²) in [7, 11) is 0. The highest BCUT2D eigenvalue weighted by atomic mass is 35.5. The number of aliphatic hydroxyl groups excluding tert-OH is 1. The van der Waals surface area contributed by atoms with Gasteiger partial charge in [0.2, 0.25) is 0 Å². The number of rotatable bonds is 6. The van der Waals surface area contributed by atoms with Gasteiger partial charge in [-0.05, 0) is 59.7 Å². The second-order valence-electron chi connectivity index (χ2n) is 9.98. The summed E-state index contributed by atoms with van der Waals surface area (Å²) < 4.78 is 18.1. The molecule has 1 amide bonds. The van der Waals surface area contributed by atoms with Crippen LogP contribution < -0.4 is 19.1 Å². The molecule has 0 aliphatic carbocycles. The SMILES string of the molecule is O=C1C(=O)N(c2nc3ccc(Cl)cc3s2)C(c2cccc(OCc3ccccc3)c2)/C1=C(\O)c1ccc2c(c1)OCCO2. The molecule has 214 valence electrons. The van der Waals surface area contributed by atoms with Crippen molar-refractivity contribution in [3.05, 3.63) is 118 Å². The van der Waals surface area contributed by atoms with E-state index in [1.165, 1.54) is 16.2 Å². The Bertz CT molecular complexity index is 1920. The molecular formula is C33H23ClN2O6S. The number of ether oxygens (including phenoxy) is 3. The van der Waals surface area contributed by atoms with Gasteiger partial charge in [0.1, 0.15) is 31.3 Å². The molecule has 8 nitrogen and oxygen atoms in total. The number of hydrogen-bond donors (Lipinski definition) is 1. The molecule has 1 fully saturated rings. The van der Waals surface area contributed by atoms with Crippen LogP contribution in [0, 0.1) is 0 Å². The Morgan fingerprint density at radius 3 is 2.60 bits per heavy atom. The van der Waals surface area contributed by atoms with E-state index < -0.39 is 17.7 Å². The summed E-state index contributed by atoms with van der Waals surface area (Å²) in [6.07, 6.45) is 0. The van der Waals surface area contributed by atoms with E-state index in [1.807, 2.05) is 30.3 Å². The van der Waals surface area contributed by atoms with Crippen molar-refractivity contribution in [2.75, 3.05) is 18.1 Å². The first-order chi connectivity index (χ1) is 21.0. The van der Waals surface area contributed by atoms with Crippen molar-refractivity contribution in [1.29, 1.82) is 0 Å². The Balaban J connectivity index is 1.35. The van der Waals surface area contributed by atoms with Crippen LogP contribution in [0.2, 0.25) is 5.02 Å². The number of halogens is 1. The molecule has 1 N–H and O–H groups in total. The first-order valence-electron chi connectivity index (χ1n) is 13.5. The monoisotopic (exact) mass is 610 g/mol. The number of amides is 1. The van der Waals surface area contributed by atoms with Crippen LogP contribution in [0.25, 0.3) is 16.0 Å². The number of carbonyl (C=O) groups is 2. The van der Waals surface area contributed by atoms with Crippen LogP contribution in [0.5, 0.6) is 17.2 Å². The molecule has 0 radical (unpaired) electrons. The minimum Gasteiger partial charge on any atom is -0.507 e. The van der Waals surface area contributed by atoms with Gasteiger partial charge in [0.05, 0.1) is 21.8 Å². The number of anilines is 1. The highest BCUT2D eigenvalue weighted by Crippen LogP contribution is 2.45. The van der Waals surface area contributed by atoms with Crippen molar-refractivity contribution in [3.63, 3.8) is 0 Å². The average Bonchev–Trinajstić information content (AvgIpc) is 3.57. The van der Waals surface area contributed by atoms with Crippen molar-refractivity contribution in [3.8, 4) is 17.2 Å². The number of carbonyl (C=O) groups excluding carboxylic acids is 2. The fourth-order valence-electron chi connectivity index (χ4n) is 5.20. The highest BCUT2D eigenvalue weighted by molar-refractivity contribution is 7.22. The summed E-state index contributed by atoms with van der Waals surface area (Å²) in [6.45, 7) is 1.11. The zero-order valence-corrected chi connectivity index (χ0v) is 24.1. The van der Waals surface area contributed by atoms with Crippen LogP contribution in [0.4, 0.5) is 5.13 Å². The van der Waals surface area contributed by atoms with Crippen molar-refractivity contribution in [2.24, 2.45) is 0 Å². The van der Waals surface area contributed by atoms with Gasteiger partial charge in [-0.25, -0.2) is 4.98 Å². The molecule has 4 aromatic carbocycles. The zero-order chi connectivity index (χ0) is 29.5. The Labute approximate surface area is 255 Å². The fraction of sp³-hybridized carbons (Fsp3) is 0.121. The minimum absolute atomic E-state index is 0.0702. The van der Waals surface area contributed by atoms with Crippen molar-refractivity contribution in [2.45, 2.75) is 12.6 Å². The van der Waals surface area contributed by atoms with Crippen LogP contribution in [-0.2, 0) is 16.2 Å². The predicted molar refractivity (Wildman–Crippen MR) is 164 cm³/mol. The van der Waals surface area contributed by atoms with Crippen molar-refractivity contribution in [1.82, 2.24) is 4.98 Å². The van der Waals surface area contributed by atoms with E-state index in [9.17, 15) is 14.7 Å². The summed E-state index contributed by atoms with van der Waals surface area (Å²) >= 11 is 7.45. The Morgan fingerprint density at radius 1 is 0.953 bits per heavy atom. The minimum atomic E-state index is -0.982. The predicted octanol–water partition coefficient (Wildman–Crippen LogP) is 6.93. The Morgan fingerprint density at radius 2 is 1.77 bits per heavy atom. The van der Waals surface area contributed by atoms with Crippen molar-refractivity contribution < 1.29 is 28.9 Å². The molecule has 1 saturated heterocycles. The van der Waals surface area contributed by atoms with Gasteiger partial charge in [-0.2, -0.15) is 0 Å². The van der Waals surface area contributed by atoms with E-state index in [1.54, 1.807) is 60.7 Å². The number of fused-ring (bicyclic) bond motifs is 2. The molecule has 0 spiro atoms.